The fraction of sp³-hybridized carbons (Fsp3) is 0.375. The number of aromatic nitrogens is 2. The molecule has 0 saturated carbocycles. The van der Waals surface area contributed by atoms with E-state index in [9.17, 15) is 4.79 Å². The molecule has 0 unspecified atom stereocenters. The van der Waals surface area contributed by atoms with Crippen LogP contribution in [0.25, 0.3) is 0 Å². The molecule has 1 N–H and O–H groups in total. The van der Waals surface area contributed by atoms with Crippen molar-refractivity contribution >= 4 is 29.3 Å². The zero-order valence-electron chi connectivity index (χ0n) is 7.87. The molecule has 1 aromatic rings. The van der Waals surface area contributed by atoms with Crippen LogP contribution in [0.1, 0.15) is 17.4 Å². The molecule has 0 spiro atoms. The predicted molar refractivity (Wildman–Crippen MR) is 56.8 cm³/mol. The maximum atomic E-state index is 11.4. The number of hydrogen-bond acceptors (Lipinski definition) is 4. The van der Waals surface area contributed by atoms with Gasteiger partial charge in [0.2, 0.25) is 0 Å². The summed E-state index contributed by atoms with van der Waals surface area (Å²) in [5, 5.41) is 3.44. The van der Waals surface area contributed by atoms with Gasteiger partial charge in [-0.05, 0) is 13.2 Å². The minimum atomic E-state index is -0.268. The Morgan fingerprint density at radius 2 is 2.43 bits per heavy atom. The van der Waals surface area contributed by atoms with Crippen LogP contribution in [0.5, 0.6) is 0 Å². The lowest BCUT2D eigenvalue weighted by Crippen LogP contribution is -2.24. The zero-order valence-corrected chi connectivity index (χ0v) is 9.45. The molecule has 14 heavy (non-hydrogen) atoms. The summed E-state index contributed by atoms with van der Waals surface area (Å²) in [4.78, 5) is 19.4. The van der Waals surface area contributed by atoms with Crippen LogP contribution in [0.2, 0.25) is 5.02 Å². The normalized spacial score (nSPS) is 9.93. The summed E-state index contributed by atoms with van der Waals surface area (Å²) in [7, 11) is 0. The molecule has 0 radical (unpaired) electrons. The Bertz CT molecular complexity index is 345. The van der Waals surface area contributed by atoms with Gasteiger partial charge in [-0.25, -0.2) is 9.97 Å². The van der Waals surface area contributed by atoms with Crippen molar-refractivity contribution in [2.45, 2.75) is 12.1 Å². The van der Waals surface area contributed by atoms with Gasteiger partial charge in [-0.1, -0.05) is 23.4 Å². The largest absolute Gasteiger partial charge is 0.351 e. The number of nitrogens with zero attached hydrogens (tertiary/aromatic N) is 2. The van der Waals surface area contributed by atoms with E-state index in [0.29, 0.717) is 11.7 Å². The summed E-state index contributed by atoms with van der Waals surface area (Å²) in [6, 6.07) is 0. The third kappa shape index (κ3) is 2.59. The average Bonchev–Trinajstić information content (AvgIpc) is 2.19. The second-order valence-electron chi connectivity index (χ2n) is 2.41. The number of hydrogen-bond donors (Lipinski definition) is 1. The lowest BCUT2D eigenvalue weighted by molar-refractivity contribution is 0.0950. The fourth-order valence-electron chi connectivity index (χ4n) is 0.853. The molecule has 0 fully saturated rings. The number of thioether (sulfide) groups is 1. The third-order valence-corrected chi connectivity index (χ3v) is 2.30. The van der Waals surface area contributed by atoms with Crippen molar-refractivity contribution in [1.82, 2.24) is 15.3 Å². The van der Waals surface area contributed by atoms with Gasteiger partial charge in [-0.2, -0.15) is 0 Å². The van der Waals surface area contributed by atoms with Crippen LogP contribution in [-0.2, 0) is 0 Å². The Kier molecular flexibility index (Phi) is 4.16. The molecule has 1 aromatic heterocycles. The van der Waals surface area contributed by atoms with Gasteiger partial charge in [0.25, 0.3) is 5.91 Å². The van der Waals surface area contributed by atoms with E-state index in [1.54, 1.807) is 0 Å². The van der Waals surface area contributed by atoms with Gasteiger partial charge in [0, 0.05) is 6.54 Å². The first-order valence-electron chi connectivity index (χ1n) is 4.03. The molecular weight excluding hydrogens is 222 g/mol. The number of amides is 1. The van der Waals surface area contributed by atoms with E-state index in [1.807, 2.05) is 13.2 Å². The van der Waals surface area contributed by atoms with Crippen LogP contribution in [-0.4, -0.2) is 28.7 Å². The highest BCUT2D eigenvalue weighted by molar-refractivity contribution is 7.98. The van der Waals surface area contributed by atoms with Gasteiger partial charge in [-0.3, -0.25) is 4.79 Å². The average molecular weight is 232 g/mol. The molecule has 1 amide bonds. The summed E-state index contributed by atoms with van der Waals surface area (Å²) in [5.41, 5.74) is 0.230. The van der Waals surface area contributed by atoms with Crippen molar-refractivity contribution in [3.63, 3.8) is 0 Å². The maximum absolute atomic E-state index is 11.4. The molecule has 0 aromatic carbocycles. The van der Waals surface area contributed by atoms with E-state index in [1.165, 1.54) is 18.0 Å². The first-order valence-corrected chi connectivity index (χ1v) is 5.64. The summed E-state index contributed by atoms with van der Waals surface area (Å²) in [6.45, 7) is 2.39. The van der Waals surface area contributed by atoms with Gasteiger partial charge in [0.1, 0.15) is 0 Å². The highest BCUT2D eigenvalue weighted by atomic mass is 35.5. The standard InChI is InChI=1S/C8H10ClN3OS/c1-3-10-7(13)6-5(9)4-11-8(12-6)14-2/h4H,3H2,1-2H3,(H,10,13). The molecule has 0 aliphatic carbocycles. The number of rotatable bonds is 3. The first-order chi connectivity index (χ1) is 6.69. The Balaban J connectivity index is 2.99. The second-order valence-corrected chi connectivity index (χ2v) is 3.59. The molecule has 1 heterocycles. The fourth-order valence-corrected chi connectivity index (χ4v) is 1.37. The van der Waals surface area contributed by atoms with E-state index >= 15 is 0 Å². The van der Waals surface area contributed by atoms with Gasteiger partial charge in [-0.15, -0.1) is 0 Å². The van der Waals surface area contributed by atoms with Crippen molar-refractivity contribution in [3.05, 3.63) is 16.9 Å². The third-order valence-electron chi connectivity index (χ3n) is 1.46. The lowest BCUT2D eigenvalue weighted by Gasteiger charge is -2.03. The number of carbonyl (C=O) groups excluding carboxylic acids is 1. The highest BCUT2D eigenvalue weighted by Crippen LogP contribution is 2.16. The van der Waals surface area contributed by atoms with E-state index in [2.05, 4.69) is 15.3 Å². The smallest absolute Gasteiger partial charge is 0.271 e. The van der Waals surface area contributed by atoms with Crippen molar-refractivity contribution in [2.24, 2.45) is 0 Å². The Hall–Kier alpha value is -0.810. The molecule has 4 nitrogen and oxygen atoms in total. The summed E-state index contributed by atoms with van der Waals surface area (Å²) < 4.78 is 0. The lowest BCUT2D eigenvalue weighted by atomic mass is 10.4. The van der Waals surface area contributed by atoms with Crippen LogP contribution >= 0.6 is 23.4 Å². The molecule has 76 valence electrons. The van der Waals surface area contributed by atoms with Gasteiger partial charge >= 0.3 is 0 Å². The van der Waals surface area contributed by atoms with Crippen LogP contribution in [0.4, 0.5) is 0 Å². The summed E-state index contributed by atoms with van der Waals surface area (Å²) >= 11 is 7.15. The van der Waals surface area contributed by atoms with E-state index in [-0.39, 0.29) is 16.6 Å². The van der Waals surface area contributed by atoms with Gasteiger partial charge in [0.05, 0.1) is 11.2 Å². The van der Waals surface area contributed by atoms with E-state index < -0.39 is 0 Å². The van der Waals surface area contributed by atoms with E-state index in [4.69, 9.17) is 11.6 Å². The van der Waals surface area contributed by atoms with Crippen LogP contribution in [0.3, 0.4) is 0 Å². The molecular formula is C8H10ClN3OS. The molecule has 1 rings (SSSR count). The Labute approximate surface area is 91.5 Å². The van der Waals surface area contributed by atoms with Crippen molar-refractivity contribution in [3.8, 4) is 0 Å². The molecule has 6 heteroatoms. The predicted octanol–water partition coefficient (Wildman–Crippen LogP) is 1.60. The summed E-state index contributed by atoms with van der Waals surface area (Å²) in [6.07, 6.45) is 3.27. The number of nitrogens with one attached hydrogen (secondary N) is 1. The number of halogens is 1. The Morgan fingerprint density at radius 3 is 3.00 bits per heavy atom. The molecule has 0 atom stereocenters. The zero-order chi connectivity index (χ0) is 10.6. The Morgan fingerprint density at radius 1 is 1.71 bits per heavy atom. The quantitative estimate of drug-likeness (QED) is 0.634. The van der Waals surface area contributed by atoms with Crippen LogP contribution in [0, 0.1) is 0 Å². The molecule has 0 aliphatic heterocycles. The minimum absolute atomic E-state index is 0.230. The van der Waals surface area contributed by atoms with Crippen molar-refractivity contribution < 1.29 is 4.79 Å². The van der Waals surface area contributed by atoms with Crippen molar-refractivity contribution in [2.75, 3.05) is 12.8 Å². The van der Waals surface area contributed by atoms with Crippen LogP contribution in [0.15, 0.2) is 11.4 Å². The van der Waals surface area contributed by atoms with Gasteiger partial charge < -0.3 is 5.32 Å². The highest BCUT2D eigenvalue weighted by Gasteiger charge is 2.12. The van der Waals surface area contributed by atoms with Crippen molar-refractivity contribution in [1.29, 1.82) is 0 Å². The summed E-state index contributed by atoms with van der Waals surface area (Å²) in [5.74, 6) is -0.268. The first kappa shape index (κ1) is 11.3. The topological polar surface area (TPSA) is 54.9 Å². The SMILES string of the molecule is CCNC(=O)c1nc(SC)ncc1Cl. The molecule has 0 saturated heterocycles. The maximum Gasteiger partial charge on any atom is 0.271 e. The van der Waals surface area contributed by atoms with E-state index in [0.717, 1.165) is 0 Å². The minimum Gasteiger partial charge on any atom is -0.351 e. The second kappa shape index (κ2) is 5.17. The van der Waals surface area contributed by atoms with Crippen LogP contribution < -0.4 is 5.32 Å². The van der Waals surface area contributed by atoms with Gasteiger partial charge in [0.15, 0.2) is 10.9 Å². The number of carbonyl (C=O) groups is 1. The molecule has 0 bridgehead atoms. The monoisotopic (exact) mass is 231 g/mol. The molecule has 0 aliphatic rings.